The van der Waals surface area contributed by atoms with Gasteiger partial charge in [-0.15, -0.1) is 0 Å². The Morgan fingerprint density at radius 2 is 2.35 bits per heavy atom. The normalized spacial score (nSPS) is 22.9. The Kier molecular flexibility index (Phi) is 2.55. The maximum absolute atomic E-state index is 4.62. The smallest absolute Gasteiger partial charge is 0.154 e. The molecule has 1 saturated carbocycles. The van der Waals surface area contributed by atoms with E-state index in [9.17, 15) is 0 Å². The highest BCUT2D eigenvalue weighted by atomic mass is 15.1. The molecule has 4 nitrogen and oxygen atoms in total. The molecule has 1 aliphatic heterocycles. The van der Waals surface area contributed by atoms with Crippen LogP contribution in [0.2, 0.25) is 0 Å². The van der Waals surface area contributed by atoms with Crippen LogP contribution in [0, 0.1) is 0 Å². The number of fused-ring (bicyclic) bond motifs is 1. The Balaban J connectivity index is 1.99. The average molecular weight is 228 g/mol. The molecule has 3 rings (SSSR count). The molecule has 0 radical (unpaired) electrons. The van der Waals surface area contributed by atoms with Crippen LogP contribution in [-0.4, -0.2) is 23.9 Å². The van der Waals surface area contributed by atoms with Crippen LogP contribution >= 0.6 is 0 Å². The van der Waals surface area contributed by atoms with Crippen molar-refractivity contribution in [3.63, 3.8) is 0 Å². The molecule has 2 N–H and O–H groups in total. The van der Waals surface area contributed by atoms with Gasteiger partial charge in [0.2, 0.25) is 0 Å². The molecule has 1 aliphatic carbocycles. The number of aromatic nitrogens is 1. The molecule has 0 amide bonds. The summed E-state index contributed by atoms with van der Waals surface area (Å²) in [7, 11) is 1.93. The van der Waals surface area contributed by atoms with Gasteiger partial charge in [-0.3, -0.25) is 4.98 Å². The van der Waals surface area contributed by atoms with E-state index in [0.717, 1.165) is 23.8 Å². The van der Waals surface area contributed by atoms with Gasteiger partial charge in [0.1, 0.15) is 11.5 Å². The van der Waals surface area contributed by atoms with Gasteiger partial charge in [-0.1, -0.05) is 6.07 Å². The van der Waals surface area contributed by atoms with E-state index in [-0.39, 0.29) is 0 Å². The minimum absolute atomic E-state index is 0.437. The lowest BCUT2D eigenvalue weighted by Gasteiger charge is -2.24. The lowest BCUT2D eigenvalue weighted by atomic mass is 10.1. The van der Waals surface area contributed by atoms with E-state index in [2.05, 4.69) is 20.6 Å². The van der Waals surface area contributed by atoms with Crippen LogP contribution < -0.4 is 10.6 Å². The summed E-state index contributed by atoms with van der Waals surface area (Å²) in [5, 5.41) is 6.69. The predicted octanol–water partition coefficient (Wildman–Crippen LogP) is 1.41. The first kappa shape index (κ1) is 10.3. The van der Waals surface area contributed by atoms with E-state index < -0.39 is 0 Å². The molecule has 0 bridgehead atoms. The Morgan fingerprint density at radius 3 is 3.12 bits per heavy atom. The van der Waals surface area contributed by atoms with E-state index in [1.807, 2.05) is 25.2 Å². The SMILES string of the molecule is CNC1=C2CCCC2NC(c2ccccn2)=N1. The van der Waals surface area contributed by atoms with Crippen molar-refractivity contribution < 1.29 is 0 Å². The quantitative estimate of drug-likeness (QED) is 0.804. The lowest BCUT2D eigenvalue weighted by molar-refractivity contribution is 0.673. The minimum Gasteiger partial charge on any atom is -0.373 e. The van der Waals surface area contributed by atoms with Crippen LogP contribution in [-0.2, 0) is 0 Å². The second-order valence-corrected chi connectivity index (χ2v) is 4.39. The van der Waals surface area contributed by atoms with Crippen LogP contribution in [0.15, 0.2) is 40.8 Å². The summed E-state index contributed by atoms with van der Waals surface area (Å²) < 4.78 is 0. The molecule has 2 heterocycles. The predicted molar refractivity (Wildman–Crippen MR) is 67.6 cm³/mol. The average Bonchev–Trinajstić information content (AvgIpc) is 2.86. The fourth-order valence-corrected chi connectivity index (χ4v) is 2.52. The minimum atomic E-state index is 0.437. The zero-order valence-corrected chi connectivity index (χ0v) is 9.90. The summed E-state index contributed by atoms with van der Waals surface area (Å²) in [6.07, 6.45) is 5.37. The number of nitrogens with one attached hydrogen (secondary N) is 2. The number of nitrogens with zero attached hydrogens (tertiary/aromatic N) is 2. The van der Waals surface area contributed by atoms with Gasteiger partial charge in [0.25, 0.3) is 0 Å². The van der Waals surface area contributed by atoms with Crippen molar-refractivity contribution in [2.24, 2.45) is 4.99 Å². The van der Waals surface area contributed by atoms with Crippen molar-refractivity contribution in [1.29, 1.82) is 0 Å². The zero-order valence-electron chi connectivity index (χ0n) is 9.90. The van der Waals surface area contributed by atoms with Crippen LogP contribution in [0.1, 0.15) is 25.0 Å². The van der Waals surface area contributed by atoms with Gasteiger partial charge in [0.15, 0.2) is 5.84 Å². The summed E-state index contributed by atoms with van der Waals surface area (Å²) in [6.45, 7) is 0. The highest BCUT2D eigenvalue weighted by molar-refractivity contribution is 5.98. The highest BCUT2D eigenvalue weighted by Crippen LogP contribution is 2.30. The molecule has 1 atom stereocenters. The standard InChI is InChI=1S/C13H16N4/c1-14-12-9-5-4-7-10(9)16-13(17-12)11-6-2-3-8-15-11/h2-3,6,8,10,14H,4-5,7H2,1H3,(H,16,17). The third-order valence-electron chi connectivity index (χ3n) is 3.34. The third kappa shape index (κ3) is 1.79. The van der Waals surface area contributed by atoms with Crippen LogP contribution in [0.5, 0.6) is 0 Å². The van der Waals surface area contributed by atoms with Crippen molar-refractivity contribution in [3.05, 3.63) is 41.5 Å². The van der Waals surface area contributed by atoms with Gasteiger partial charge in [0.05, 0.1) is 6.04 Å². The van der Waals surface area contributed by atoms with Crippen LogP contribution in [0.3, 0.4) is 0 Å². The molecule has 1 unspecified atom stereocenters. The fourth-order valence-electron chi connectivity index (χ4n) is 2.52. The second kappa shape index (κ2) is 4.20. The molecule has 88 valence electrons. The Bertz CT molecular complexity index is 475. The first-order valence-corrected chi connectivity index (χ1v) is 6.06. The number of hydrogen-bond acceptors (Lipinski definition) is 4. The second-order valence-electron chi connectivity index (χ2n) is 4.39. The number of hydrogen-bond donors (Lipinski definition) is 2. The van der Waals surface area contributed by atoms with Crippen molar-refractivity contribution in [2.75, 3.05) is 7.05 Å². The summed E-state index contributed by atoms with van der Waals surface area (Å²) in [6, 6.07) is 6.33. The molecule has 17 heavy (non-hydrogen) atoms. The Labute approximate surface area is 101 Å². The van der Waals surface area contributed by atoms with Crippen LogP contribution in [0.4, 0.5) is 0 Å². The summed E-state index contributed by atoms with van der Waals surface area (Å²) in [4.78, 5) is 8.97. The van der Waals surface area contributed by atoms with Gasteiger partial charge in [-0.05, 0) is 37.0 Å². The number of aliphatic imine (C=N–C) groups is 1. The van der Waals surface area contributed by atoms with Gasteiger partial charge in [-0.2, -0.15) is 0 Å². The summed E-state index contributed by atoms with van der Waals surface area (Å²) in [5.41, 5.74) is 2.32. The largest absolute Gasteiger partial charge is 0.373 e. The molecule has 0 saturated heterocycles. The van der Waals surface area contributed by atoms with E-state index >= 15 is 0 Å². The third-order valence-corrected chi connectivity index (χ3v) is 3.34. The Hall–Kier alpha value is -1.84. The maximum Gasteiger partial charge on any atom is 0.154 e. The molecule has 1 aromatic rings. The van der Waals surface area contributed by atoms with E-state index in [1.54, 1.807) is 6.20 Å². The van der Waals surface area contributed by atoms with E-state index in [1.165, 1.54) is 18.4 Å². The first-order chi connectivity index (χ1) is 8.38. The number of pyridine rings is 1. The molecule has 0 spiro atoms. The molecule has 0 aromatic carbocycles. The van der Waals surface area contributed by atoms with Gasteiger partial charge >= 0.3 is 0 Å². The summed E-state index contributed by atoms with van der Waals surface area (Å²) >= 11 is 0. The topological polar surface area (TPSA) is 49.3 Å². The van der Waals surface area contributed by atoms with Crippen LogP contribution in [0.25, 0.3) is 0 Å². The number of rotatable bonds is 2. The summed E-state index contributed by atoms with van der Waals surface area (Å²) in [5.74, 6) is 1.90. The molecule has 1 aromatic heterocycles. The fraction of sp³-hybridized carbons (Fsp3) is 0.385. The maximum atomic E-state index is 4.62. The van der Waals surface area contributed by atoms with Crippen molar-refractivity contribution >= 4 is 5.84 Å². The molecule has 1 fully saturated rings. The van der Waals surface area contributed by atoms with E-state index in [0.29, 0.717) is 6.04 Å². The van der Waals surface area contributed by atoms with Gasteiger partial charge in [0, 0.05) is 13.2 Å². The van der Waals surface area contributed by atoms with Crippen molar-refractivity contribution in [2.45, 2.75) is 25.3 Å². The molecule has 2 aliphatic rings. The first-order valence-electron chi connectivity index (χ1n) is 6.06. The molecule has 4 heteroatoms. The Morgan fingerprint density at radius 1 is 1.41 bits per heavy atom. The lowest BCUT2D eigenvalue weighted by Crippen LogP contribution is -2.39. The van der Waals surface area contributed by atoms with Crippen molar-refractivity contribution in [1.82, 2.24) is 15.6 Å². The highest BCUT2D eigenvalue weighted by Gasteiger charge is 2.29. The van der Waals surface area contributed by atoms with Gasteiger partial charge < -0.3 is 10.6 Å². The molecular weight excluding hydrogens is 212 g/mol. The van der Waals surface area contributed by atoms with E-state index in [4.69, 9.17) is 0 Å². The number of amidine groups is 1. The van der Waals surface area contributed by atoms with Gasteiger partial charge in [-0.25, -0.2) is 4.99 Å². The molecular formula is C13H16N4. The van der Waals surface area contributed by atoms with Crippen molar-refractivity contribution in [3.8, 4) is 0 Å². The monoisotopic (exact) mass is 228 g/mol. The zero-order chi connectivity index (χ0) is 11.7.